The Morgan fingerprint density at radius 1 is 1.24 bits per heavy atom. The second-order valence-electron chi connectivity index (χ2n) is 5.29. The highest BCUT2D eigenvalue weighted by Gasteiger charge is 2.10. The minimum absolute atomic E-state index is 0.0773. The third kappa shape index (κ3) is 5.09. The lowest BCUT2D eigenvalue weighted by Gasteiger charge is -2.07. The van der Waals surface area contributed by atoms with E-state index in [4.69, 9.17) is 0 Å². The molecular weight excluding hydrogens is 391 g/mol. The molecule has 1 aromatic carbocycles. The molecule has 3 aromatic rings. The van der Waals surface area contributed by atoms with Gasteiger partial charge in [-0.15, -0.1) is 0 Å². The van der Waals surface area contributed by atoms with E-state index in [9.17, 15) is 14.0 Å². The molecular formula is C18H18BrFN2O3. The molecule has 0 fully saturated rings. The molecule has 0 bridgehead atoms. The van der Waals surface area contributed by atoms with Gasteiger partial charge in [0.15, 0.2) is 5.65 Å². The van der Waals surface area contributed by atoms with Crippen molar-refractivity contribution in [3.8, 4) is 0 Å². The molecule has 0 amide bonds. The smallest absolute Gasteiger partial charge is 0.372 e. The molecule has 0 unspecified atom stereocenters. The summed E-state index contributed by atoms with van der Waals surface area (Å²) < 4.78 is 19.0. The van der Waals surface area contributed by atoms with Crippen LogP contribution in [0.5, 0.6) is 0 Å². The summed E-state index contributed by atoms with van der Waals surface area (Å²) in [5, 5.41) is 1.37. The normalized spacial score (nSPS) is 10.4. The van der Waals surface area contributed by atoms with Gasteiger partial charge >= 0.3 is 11.4 Å². The Kier molecular flexibility index (Phi) is 7.06. The minimum Gasteiger partial charge on any atom is -0.372 e. The Bertz CT molecular complexity index is 951. The maximum absolute atomic E-state index is 13.2. The summed E-state index contributed by atoms with van der Waals surface area (Å²) in [4.78, 5) is 27.4. The molecule has 0 saturated carbocycles. The second-order valence-corrected chi connectivity index (χ2v) is 6.08. The van der Waals surface area contributed by atoms with E-state index in [1.165, 1.54) is 41.8 Å². The lowest BCUT2D eigenvalue weighted by atomic mass is 10.2. The molecule has 0 saturated heterocycles. The van der Waals surface area contributed by atoms with E-state index in [1.54, 1.807) is 18.2 Å². The molecule has 0 radical (unpaired) electrons. The molecule has 0 aliphatic heterocycles. The van der Waals surface area contributed by atoms with Gasteiger partial charge in [0.05, 0.1) is 6.54 Å². The molecule has 7 heteroatoms. The van der Waals surface area contributed by atoms with Gasteiger partial charge in [-0.05, 0) is 36.2 Å². The summed E-state index contributed by atoms with van der Waals surface area (Å²) >= 11 is 3.31. The van der Waals surface area contributed by atoms with E-state index < -0.39 is 17.2 Å². The summed E-state index contributed by atoms with van der Waals surface area (Å²) in [7, 11) is 0. The highest BCUT2D eigenvalue weighted by atomic mass is 79.9. The Labute approximate surface area is 152 Å². The van der Waals surface area contributed by atoms with Crippen molar-refractivity contribution in [1.29, 1.82) is 0 Å². The summed E-state index contributed by atoms with van der Waals surface area (Å²) in [6.45, 7) is 2.26. The number of aromatic nitrogens is 2. The number of fused-ring (bicyclic) bond motifs is 1. The van der Waals surface area contributed by atoms with Crippen molar-refractivity contribution in [2.24, 2.45) is 0 Å². The van der Waals surface area contributed by atoms with E-state index in [1.807, 2.05) is 0 Å². The van der Waals surface area contributed by atoms with E-state index in [-0.39, 0.29) is 17.6 Å². The standard InChI is InChI=1S/C14H9FN2O3.C4H9Br/c15-10-4-1-3-9(7-10)8-17-12-11(5-2-6-16-12)13(18)20-14(17)19;1-2-3-4-5/h1-7H,8H2;2-4H2,1H3. The quantitative estimate of drug-likeness (QED) is 0.617. The Morgan fingerprint density at radius 2 is 2.04 bits per heavy atom. The fourth-order valence-electron chi connectivity index (χ4n) is 2.14. The van der Waals surface area contributed by atoms with E-state index in [2.05, 4.69) is 32.3 Å². The predicted molar refractivity (Wildman–Crippen MR) is 98.7 cm³/mol. The van der Waals surface area contributed by atoms with Gasteiger partial charge in [0.25, 0.3) is 0 Å². The van der Waals surface area contributed by atoms with Crippen molar-refractivity contribution in [2.45, 2.75) is 26.3 Å². The number of unbranched alkanes of at least 4 members (excludes halogenated alkanes) is 1. The molecule has 0 aliphatic rings. The van der Waals surface area contributed by atoms with Gasteiger partial charge in [-0.1, -0.05) is 41.4 Å². The largest absolute Gasteiger partial charge is 0.423 e. The number of nitrogens with zero attached hydrogens (tertiary/aromatic N) is 2. The van der Waals surface area contributed by atoms with Crippen molar-refractivity contribution in [3.63, 3.8) is 0 Å². The lowest BCUT2D eigenvalue weighted by Crippen LogP contribution is -2.26. The fraction of sp³-hybridized carbons (Fsp3) is 0.278. The topological polar surface area (TPSA) is 65.1 Å². The van der Waals surface area contributed by atoms with Crippen LogP contribution in [-0.4, -0.2) is 14.9 Å². The molecule has 5 nitrogen and oxygen atoms in total. The van der Waals surface area contributed by atoms with Crippen molar-refractivity contribution in [3.05, 3.63) is 74.9 Å². The van der Waals surface area contributed by atoms with Crippen LogP contribution in [0.25, 0.3) is 11.0 Å². The maximum atomic E-state index is 13.2. The zero-order valence-electron chi connectivity index (χ0n) is 13.7. The molecule has 0 aliphatic carbocycles. The number of hydrogen-bond acceptors (Lipinski definition) is 4. The fourth-order valence-corrected chi connectivity index (χ4v) is 2.70. The van der Waals surface area contributed by atoms with Gasteiger partial charge in [-0.3, -0.25) is 4.57 Å². The minimum atomic E-state index is -0.814. The number of pyridine rings is 1. The summed E-state index contributed by atoms with van der Waals surface area (Å²) in [6.07, 6.45) is 4.08. The Morgan fingerprint density at radius 3 is 2.68 bits per heavy atom. The van der Waals surface area contributed by atoms with Crippen molar-refractivity contribution < 1.29 is 8.81 Å². The van der Waals surface area contributed by atoms with E-state index in [0.717, 1.165) is 5.33 Å². The van der Waals surface area contributed by atoms with Crippen molar-refractivity contribution in [1.82, 2.24) is 9.55 Å². The average molecular weight is 409 g/mol. The van der Waals surface area contributed by atoms with Crippen LogP contribution in [0.1, 0.15) is 25.3 Å². The molecule has 2 heterocycles. The Hall–Kier alpha value is -2.28. The number of benzene rings is 1. The number of halogens is 2. The first-order chi connectivity index (χ1) is 12.1. The molecule has 0 atom stereocenters. The lowest BCUT2D eigenvalue weighted by molar-refractivity contribution is 0.423. The first-order valence-electron chi connectivity index (χ1n) is 7.86. The Balaban J connectivity index is 0.000000399. The van der Waals surface area contributed by atoms with Crippen molar-refractivity contribution in [2.75, 3.05) is 5.33 Å². The molecule has 25 heavy (non-hydrogen) atoms. The number of alkyl halides is 1. The van der Waals surface area contributed by atoms with Gasteiger partial charge in [-0.25, -0.2) is 19.0 Å². The van der Waals surface area contributed by atoms with Crippen LogP contribution in [0.15, 0.2) is 56.6 Å². The van der Waals surface area contributed by atoms with Gasteiger partial charge in [-0.2, -0.15) is 0 Å². The van der Waals surface area contributed by atoms with E-state index >= 15 is 0 Å². The average Bonchev–Trinajstić information content (AvgIpc) is 2.60. The van der Waals surface area contributed by atoms with Crippen LogP contribution in [0.4, 0.5) is 4.39 Å². The zero-order chi connectivity index (χ0) is 18.2. The highest BCUT2D eigenvalue weighted by Crippen LogP contribution is 2.09. The van der Waals surface area contributed by atoms with Crippen LogP contribution >= 0.6 is 15.9 Å². The van der Waals surface area contributed by atoms with Crippen molar-refractivity contribution >= 4 is 27.0 Å². The first-order valence-corrected chi connectivity index (χ1v) is 8.98. The van der Waals surface area contributed by atoms with Crippen LogP contribution in [0.2, 0.25) is 0 Å². The third-order valence-corrected chi connectivity index (χ3v) is 3.94. The first kappa shape index (κ1) is 19.1. The number of rotatable bonds is 4. The monoisotopic (exact) mass is 408 g/mol. The zero-order valence-corrected chi connectivity index (χ0v) is 15.3. The van der Waals surface area contributed by atoms with Crippen LogP contribution < -0.4 is 11.4 Å². The number of hydrogen-bond donors (Lipinski definition) is 0. The van der Waals surface area contributed by atoms with Gasteiger partial charge in [0, 0.05) is 11.5 Å². The molecule has 0 N–H and O–H groups in total. The SMILES string of the molecule is CCCCBr.O=c1oc(=O)n(Cc2cccc(F)c2)c2ncccc12. The summed E-state index contributed by atoms with van der Waals surface area (Å²) in [6, 6.07) is 8.95. The summed E-state index contributed by atoms with van der Waals surface area (Å²) in [5.74, 6) is -1.21. The van der Waals surface area contributed by atoms with Crippen LogP contribution in [0, 0.1) is 5.82 Å². The maximum Gasteiger partial charge on any atom is 0.423 e. The highest BCUT2D eigenvalue weighted by molar-refractivity contribution is 9.09. The van der Waals surface area contributed by atoms with Gasteiger partial charge < -0.3 is 4.42 Å². The van der Waals surface area contributed by atoms with Gasteiger partial charge in [0.1, 0.15) is 11.2 Å². The van der Waals surface area contributed by atoms with Crippen LogP contribution in [-0.2, 0) is 6.54 Å². The van der Waals surface area contributed by atoms with E-state index in [0.29, 0.717) is 5.56 Å². The second kappa shape index (κ2) is 9.27. The summed E-state index contributed by atoms with van der Waals surface area (Å²) in [5.41, 5.74) is 0.0690. The predicted octanol–water partition coefficient (Wildman–Crippen LogP) is 3.72. The molecule has 132 valence electrons. The molecule has 2 aromatic heterocycles. The van der Waals surface area contributed by atoms with Gasteiger partial charge in [0.2, 0.25) is 0 Å². The molecule has 0 spiro atoms. The third-order valence-electron chi connectivity index (χ3n) is 3.38. The molecule has 3 rings (SSSR count). The van der Waals surface area contributed by atoms with Crippen LogP contribution in [0.3, 0.4) is 0 Å².